The molecule has 3 rings (SSSR count). The predicted octanol–water partition coefficient (Wildman–Crippen LogP) is 1.90. The van der Waals surface area contributed by atoms with E-state index >= 15 is 0 Å². The molecule has 3 aromatic carbocycles. The van der Waals surface area contributed by atoms with Gasteiger partial charge in [0, 0.05) is 0 Å². The first-order valence-electron chi connectivity index (χ1n) is 7.08. The van der Waals surface area contributed by atoms with Crippen LogP contribution < -0.4 is 15.6 Å². The Bertz CT molecular complexity index is 730. The fraction of sp³-hybridized carbons (Fsp3) is 0. The van der Waals surface area contributed by atoms with Gasteiger partial charge in [0.15, 0.2) is 8.80 Å². The molecule has 0 fully saturated rings. The summed E-state index contributed by atoms with van der Waals surface area (Å²) < 4.78 is 0. The topological polar surface area (TPSA) is 37.3 Å². The molecule has 0 saturated carbocycles. The van der Waals surface area contributed by atoms with Crippen molar-refractivity contribution in [2.45, 2.75) is 0 Å². The van der Waals surface area contributed by atoms with Gasteiger partial charge in [0.05, 0.1) is 5.56 Å². The van der Waals surface area contributed by atoms with E-state index in [9.17, 15) is 9.90 Å². The lowest BCUT2D eigenvalue weighted by Gasteiger charge is -2.18. The molecule has 22 heavy (non-hydrogen) atoms. The lowest BCUT2D eigenvalue weighted by Crippen LogP contribution is -2.53. The first kappa shape index (κ1) is 14.3. The van der Waals surface area contributed by atoms with Crippen LogP contribution >= 0.6 is 0 Å². The SMILES string of the molecule is O=C(O)c1ccccc1[Si](c1ccccc1)c1ccccc1. The largest absolute Gasteiger partial charge is 0.478 e. The molecule has 3 aromatic rings. The fourth-order valence-electron chi connectivity index (χ4n) is 2.57. The van der Waals surface area contributed by atoms with Gasteiger partial charge in [-0.2, -0.15) is 0 Å². The van der Waals surface area contributed by atoms with Gasteiger partial charge < -0.3 is 5.11 Å². The van der Waals surface area contributed by atoms with E-state index < -0.39 is 14.8 Å². The second-order valence-electron chi connectivity index (χ2n) is 4.96. The Balaban J connectivity index is 2.21. The van der Waals surface area contributed by atoms with Crippen molar-refractivity contribution in [1.29, 1.82) is 0 Å². The van der Waals surface area contributed by atoms with Gasteiger partial charge in [0.1, 0.15) is 0 Å². The molecule has 0 bridgehead atoms. The highest BCUT2D eigenvalue weighted by molar-refractivity contribution is 6.96. The zero-order chi connectivity index (χ0) is 15.4. The summed E-state index contributed by atoms with van der Waals surface area (Å²) in [6.45, 7) is 0. The summed E-state index contributed by atoms with van der Waals surface area (Å²) in [6, 6.07) is 27.7. The lowest BCUT2D eigenvalue weighted by atomic mass is 10.2. The number of hydrogen-bond donors (Lipinski definition) is 1. The van der Waals surface area contributed by atoms with Crippen LogP contribution in [0.25, 0.3) is 0 Å². The molecular formula is C19H15O2Si. The highest BCUT2D eigenvalue weighted by Crippen LogP contribution is 2.01. The summed E-state index contributed by atoms with van der Waals surface area (Å²) in [5.74, 6) is -0.870. The third kappa shape index (κ3) is 2.85. The molecule has 0 unspecified atom stereocenters. The van der Waals surface area contributed by atoms with Crippen LogP contribution in [0.3, 0.4) is 0 Å². The summed E-state index contributed by atoms with van der Waals surface area (Å²) in [5, 5.41) is 12.8. The molecule has 3 heteroatoms. The van der Waals surface area contributed by atoms with Gasteiger partial charge >= 0.3 is 5.97 Å². The second kappa shape index (κ2) is 6.41. The van der Waals surface area contributed by atoms with E-state index in [4.69, 9.17) is 0 Å². The molecule has 0 aliphatic rings. The van der Waals surface area contributed by atoms with Crippen LogP contribution in [-0.4, -0.2) is 19.9 Å². The normalized spacial score (nSPS) is 10.6. The number of carboxylic acid groups (broad SMARTS) is 1. The molecule has 1 radical (unpaired) electrons. The molecule has 0 saturated heterocycles. The van der Waals surface area contributed by atoms with Gasteiger partial charge in [-0.05, 0) is 11.3 Å². The van der Waals surface area contributed by atoms with E-state index in [2.05, 4.69) is 24.3 Å². The molecule has 0 aromatic heterocycles. The molecule has 107 valence electrons. The van der Waals surface area contributed by atoms with Crippen molar-refractivity contribution in [2.75, 3.05) is 0 Å². The fourth-order valence-corrected chi connectivity index (χ4v) is 5.30. The monoisotopic (exact) mass is 303 g/mol. The second-order valence-corrected chi connectivity index (χ2v) is 7.40. The number of hydrogen-bond acceptors (Lipinski definition) is 1. The average molecular weight is 303 g/mol. The quantitative estimate of drug-likeness (QED) is 0.590. The number of aromatic carboxylic acids is 1. The van der Waals surface area contributed by atoms with Gasteiger partial charge in [0.2, 0.25) is 0 Å². The Morgan fingerprint density at radius 3 is 1.64 bits per heavy atom. The molecule has 1 N–H and O–H groups in total. The number of rotatable bonds is 4. The molecule has 0 heterocycles. The molecule has 0 aliphatic carbocycles. The Hall–Kier alpha value is -2.65. The summed E-state index contributed by atoms with van der Waals surface area (Å²) in [4.78, 5) is 11.6. The minimum atomic E-state index is -1.33. The Labute approximate surface area is 131 Å². The van der Waals surface area contributed by atoms with Crippen LogP contribution in [0.2, 0.25) is 0 Å². The van der Waals surface area contributed by atoms with Crippen molar-refractivity contribution in [1.82, 2.24) is 0 Å². The van der Waals surface area contributed by atoms with Crippen molar-refractivity contribution in [3.05, 3.63) is 90.5 Å². The molecule has 0 aliphatic heterocycles. The molecule has 0 atom stereocenters. The van der Waals surface area contributed by atoms with Crippen molar-refractivity contribution in [2.24, 2.45) is 0 Å². The van der Waals surface area contributed by atoms with Crippen molar-refractivity contribution in [3.63, 3.8) is 0 Å². The first-order valence-corrected chi connectivity index (χ1v) is 8.58. The van der Waals surface area contributed by atoms with E-state index in [0.717, 1.165) is 5.19 Å². The van der Waals surface area contributed by atoms with Gasteiger partial charge in [0.25, 0.3) is 0 Å². The summed E-state index contributed by atoms with van der Waals surface area (Å²) >= 11 is 0. The third-order valence-corrected chi connectivity index (χ3v) is 6.35. The van der Waals surface area contributed by atoms with Gasteiger partial charge in [-0.25, -0.2) is 4.79 Å². The maximum absolute atomic E-state index is 11.6. The maximum atomic E-state index is 11.6. The molecule has 2 nitrogen and oxygen atoms in total. The number of carbonyl (C=O) groups is 1. The first-order chi connectivity index (χ1) is 10.8. The van der Waals surface area contributed by atoms with Crippen LogP contribution in [0.1, 0.15) is 10.4 Å². The standard InChI is InChI=1S/C19H15O2Si/c20-19(21)17-13-7-8-14-18(17)22(15-9-3-1-4-10-15)16-11-5-2-6-12-16/h1-14H,(H,20,21). The third-order valence-electron chi connectivity index (χ3n) is 3.55. The zero-order valence-corrected chi connectivity index (χ0v) is 12.9. The Morgan fingerprint density at radius 1 is 0.682 bits per heavy atom. The Kier molecular flexibility index (Phi) is 4.16. The Morgan fingerprint density at radius 2 is 1.14 bits per heavy atom. The number of carboxylic acids is 1. The van der Waals surface area contributed by atoms with Crippen LogP contribution in [-0.2, 0) is 0 Å². The number of benzene rings is 3. The summed E-state index contributed by atoms with van der Waals surface area (Å²) in [7, 11) is -1.33. The van der Waals surface area contributed by atoms with Crippen LogP contribution in [0.4, 0.5) is 0 Å². The van der Waals surface area contributed by atoms with E-state index in [1.807, 2.05) is 48.5 Å². The van der Waals surface area contributed by atoms with Crippen molar-refractivity contribution in [3.8, 4) is 0 Å². The van der Waals surface area contributed by atoms with E-state index in [1.165, 1.54) is 10.4 Å². The maximum Gasteiger partial charge on any atom is 0.335 e. The van der Waals surface area contributed by atoms with E-state index in [1.54, 1.807) is 12.1 Å². The lowest BCUT2D eigenvalue weighted by molar-refractivity contribution is 0.0698. The van der Waals surface area contributed by atoms with Gasteiger partial charge in [-0.1, -0.05) is 89.2 Å². The zero-order valence-electron chi connectivity index (χ0n) is 11.9. The van der Waals surface area contributed by atoms with Crippen LogP contribution in [0.5, 0.6) is 0 Å². The highest BCUT2D eigenvalue weighted by Gasteiger charge is 2.24. The van der Waals surface area contributed by atoms with Crippen molar-refractivity contribution < 1.29 is 9.90 Å². The summed E-state index contributed by atoms with van der Waals surface area (Å²) in [5.41, 5.74) is 0.393. The predicted molar refractivity (Wildman–Crippen MR) is 90.9 cm³/mol. The molecule has 0 amide bonds. The van der Waals surface area contributed by atoms with Gasteiger partial charge in [-0.15, -0.1) is 0 Å². The van der Waals surface area contributed by atoms with Crippen LogP contribution in [0, 0.1) is 0 Å². The summed E-state index contributed by atoms with van der Waals surface area (Å²) in [6.07, 6.45) is 0. The van der Waals surface area contributed by atoms with Crippen molar-refractivity contribution >= 4 is 30.3 Å². The highest BCUT2D eigenvalue weighted by atomic mass is 28.3. The molecule has 0 spiro atoms. The van der Waals surface area contributed by atoms with E-state index in [-0.39, 0.29) is 0 Å². The van der Waals surface area contributed by atoms with Crippen LogP contribution in [0.15, 0.2) is 84.9 Å². The average Bonchev–Trinajstić information content (AvgIpc) is 2.57. The minimum Gasteiger partial charge on any atom is -0.478 e. The smallest absolute Gasteiger partial charge is 0.335 e. The van der Waals surface area contributed by atoms with E-state index in [0.29, 0.717) is 5.56 Å². The minimum absolute atomic E-state index is 0.393. The van der Waals surface area contributed by atoms with Gasteiger partial charge in [-0.3, -0.25) is 0 Å². The molecular weight excluding hydrogens is 288 g/mol.